The first-order valence-electron chi connectivity index (χ1n) is 10.4. The highest BCUT2D eigenvalue weighted by molar-refractivity contribution is 6.30. The van der Waals surface area contributed by atoms with Crippen molar-refractivity contribution in [3.8, 4) is 0 Å². The molecule has 0 aliphatic carbocycles. The Bertz CT molecular complexity index is 1190. The predicted molar refractivity (Wildman–Crippen MR) is 123 cm³/mol. The van der Waals surface area contributed by atoms with Crippen LogP contribution < -0.4 is 10.2 Å². The van der Waals surface area contributed by atoms with Crippen molar-refractivity contribution in [3.63, 3.8) is 0 Å². The lowest BCUT2D eigenvalue weighted by Crippen LogP contribution is -2.47. The summed E-state index contributed by atoms with van der Waals surface area (Å²) in [6, 6.07) is 10.9. The number of carbonyl (C=O) groups excluding carboxylic acids is 3. The first kappa shape index (κ1) is 20.5. The molecule has 2 fully saturated rings. The van der Waals surface area contributed by atoms with Crippen LogP contribution in [0, 0.1) is 25.7 Å². The number of hydrazone groups is 1. The van der Waals surface area contributed by atoms with Crippen LogP contribution in [0.3, 0.4) is 0 Å². The van der Waals surface area contributed by atoms with Crippen LogP contribution in [0.1, 0.15) is 11.1 Å². The Labute approximate surface area is 190 Å². The quantitative estimate of drug-likeness (QED) is 0.730. The number of hydrogen-bond donors (Lipinski definition) is 1. The van der Waals surface area contributed by atoms with Gasteiger partial charge in [-0.25, -0.2) is 4.90 Å². The Hall–Kier alpha value is -3.45. The number of nitrogens with zero attached hydrogens (tertiary/aromatic N) is 3. The van der Waals surface area contributed by atoms with E-state index in [9.17, 15) is 14.4 Å². The van der Waals surface area contributed by atoms with E-state index in [1.165, 1.54) is 4.90 Å². The molecule has 162 valence electrons. The molecule has 3 aliphatic heterocycles. The first-order valence-corrected chi connectivity index (χ1v) is 10.8. The van der Waals surface area contributed by atoms with Crippen LogP contribution in [0.25, 0.3) is 0 Å². The fourth-order valence-corrected chi connectivity index (χ4v) is 5.01. The molecule has 0 bridgehead atoms. The van der Waals surface area contributed by atoms with Gasteiger partial charge in [-0.3, -0.25) is 19.4 Å². The third kappa shape index (κ3) is 3.12. The molecule has 3 amide bonds. The molecule has 7 nitrogen and oxygen atoms in total. The van der Waals surface area contributed by atoms with Crippen LogP contribution in [0.5, 0.6) is 0 Å². The minimum atomic E-state index is -0.908. The van der Waals surface area contributed by atoms with Crippen molar-refractivity contribution in [3.05, 3.63) is 70.8 Å². The average Bonchev–Trinajstić information content (AvgIpc) is 3.23. The summed E-state index contributed by atoms with van der Waals surface area (Å²) in [5.74, 6) is -2.58. The molecule has 3 aliphatic rings. The smallest absolute Gasteiger partial charge is 0.249 e. The predicted octanol–water partition coefficient (Wildman–Crippen LogP) is 3.31. The van der Waals surface area contributed by atoms with E-state index in [-0.39, 0.29) is 17.7 Å². The summed E-state index contributed by atoms with van der Waals surface area (Å²) >= 11 is 5.94. The Morgan fingerprint density at radius 3 is 2.47 bits per heavy atom. The van der Waals surface area contributed by atoms with Crippen molar-refractivity contribution >= 4 is 46.9 Å². The number of aryl methyl sites for hydroxylation is 2. The molecule has 8 heteroatoms. The zero-order valence-corrected chi connectivity index (χ0v) is 18.3. The van der Waals surface area contributed by atoms with Gasteiger partial charge in [0.15, 0.2) is 0 Å². The standard InChI is InChI=1S/C24H21ClN4O3/c1-13-5-10-17(14(2)12-13)28-23(31)19-18-4-3-11-26-29(18)21(20(19)24(28)32)22(30)27-16-8-6-15(25)7-9-16/h3-12,18-21H,1-2H3,(H,27,30)/t18-,19-,20-,21+/m1/s1. The second-order valence-electron chi connectivity index (χ2n) is 8.31. The molecule has 0 saturated carbocycles. The summed E-state index contributed by atoms with van der Waals surface area (Å²) in [7, 11) is 0. The summed E-state index contributed by atoms with van der Waals surface area (Å²) < 4.78 is 0. The van der Waals surface area contributed by atoms with Gasteiger partial charge in [0.1, 0.15) is 6.04 Å². The fourth-order valence-electron chi connectivity index (χ4n) is 4.88. The normalized spacial score (nSPS) is 25.8. The SMILES string of the molecule is Cc1ccc(N2C(=O)[C@@H]3[C@H](C2=O)[C@H]2C=CC=NN2[C@@H]3C(=O)Nc2ccc(Cl)cc2)c(C)c1. The largest absolute Gasteiger partial charge is 0.324 e. The Morgan fingerprint density at radius 2 is 1.75 bits per heavy atom. The fraction of sp³-hybridized carbons (Fsp3) is 0.250. The van der Waals surface area contributed by atoms with Crippen LogP contribution in [0.2, 0.25) is 5.02 Å². The number of carbonyl (C=O) groups is 3. The van der Waals surface area contributed by atoms with Gasteiger partial charge in [0.2, 0.25) is 17.7 Å². The van der Waals surface area contributed by atoms with Gasteiger partial charge in [0.25, 0.3) is 0 Å². The van der Waals surface area contributed by atoms with Crippen LogP contribution in [-0.4, -0.2) is 41.0 Å². The number of allylic oxidation sites excluding steroid dienone is 1. The molecule has 2 aromatic carbocycles. The minimum Gasteiger partial charge on any atom is -0.324 e. The van der Waals surface area contributed by atoms with Gasteiger partial charge in [-0.05, 0) is 55.8 Å². The summed E-state index contributed by atoms with van der Waals surface area (Å²) in [6.07, 6.45) is 5.14. The molecule has 0 unspecified atom stereocenters. The van der Waals surface area contributed by atoms with E-state index in [0.29, 0.717) is 16.4 Å². The van der Waals surface area contributed by atoms with Crippen LogP contribution >= 0.6 is 11.6 Å². The Kier molecular flexibility index (Phi) is 4.86. The minimum absolute atomic E-state index is 0.300. The zero-order valence-electron chi connectivity index (χ0n) is 17.5. The Balaban J connectivity index is 1.52. The van der Waals surface area contributed by atoms with Gasteiger partial charge < -0.3 is 5.32 Å². The zero-order chi connectivity index (χ0) is 22.6. The van der Waals surface area contributed by atoms with Gasteiger partial charge in [-0.2, -0.15) is 5.10 Å². The van der Waals surface area contributed by atoms with Crippen LogP contribution in [0.4, 0.5) is 11.4 Å². The number of nitrogens with one attached hydrogen (secondary N) is 1. The van der Waals surface area contributed by atoms with Crippen LogP contribution in [-0.2, 0) is 14.4 Å². The molecule has 0 aromatic heterocycles. The first-order chi connectivity index (χ1) is 15.4. The number of rotatable bonds is 3. The van der Waals surface area contributed by atoms with Crippen molar-refractivity contribution in [2.45, 2.75) is 25.9 Å². The van der Waals surface area contributed by atoms with E-state index < -0.39 is 23.9 Å². The molecule has 2 aromatic rings. The number of amides is 3. The molecule has 3 heterocycles. The molecular formula is C24H21ClN4O3. The van der Waals surface area contributed by atoms with Crippen molar-refractivity contribution in [2.75, 3.05) is 10.2 Å². The summed E-state index contributed by atoms with van der Waals surface area (Å²) in [6.45, 7) is 3.83. The molecule has 0 spiro atoms. The number of halogens is 1. The highest BCUT2D eigenvalue weighted by Gasteiger charge is 2.64. The Morgan fingerprint density at radius 1 is 1.03 bits per heavy atom. The van der Waals surface area contributed by atoms with E-state index in [4.69, 9.17) is 11.6 Å². The second kappa shape index (κ2) is 7.60. The lowest BCUT2D eigenvalue weighted by molar-refractivity contribution is -0.129. The maximum Gasteiger partial charge on any atom is 0.249 e. The van der Waals surface area contributed by atoms with Crippen molar-refractivity contribution in [2.24, 2.45) is 16.9 Å². The summed E-state index contributed by atoms with van der Waals surface area (Å²) in [5.41, 5.74) is 3.00. The third-order valence-corrected chi connectivity index (χ3v) is 6.52. The number of imide groups is 1. The van der Waals surface area contributed by atoms with Crippen molar-refractivity contribution < 1.29 is 14.4 Å². The molecule has 5 rings (SSSR count). The van der Waals surface area contributed by atoms with E-state index in [2.05, 4.69) is 10.4 Å². The van der Waals surface area contributed by atoms with Crippen molar-refractivity contribution in [1.82, 2.24) is 5.01 Å². The molecule has 32 heavy (non-hydrogen) atoms. The van der Waals surface area contributed by atoms with Gasteiger partial charge in [-0.1, -0.05) is 35.4 Å². The lowest BCUT2D eigenvalue weighted by Gasteiger charge is -2.30. The average molecular weight is 449 g/mol. The van der Waals surface area contributed by atoms with E-state index in [1.807, 2.05) is 32.1 Å². The number of anilines is 2. The van der Waals surface area contributed by atoms with E-state index in [1.54, 1.807) is 47.6 Å². The maximum atomic E-state index is 13.6. The summed E-state index contributed by atoms with van der Waals surface area (Å²) in [4.78, 5) is 41.7. The lowest BCUT2D eigenvalue weighted by atomic mass is 9.88. The molecular weight excluding hydrogens is 428 g/mol. The molecule has 1 N–H and O–H groups in total. The highest BCUT2D eigenvalue weighted by Crippen LogP contribution is 2.46. The van der Waals surface area contributed by atoms with Gasteiger partial charge in [0, 0.05) is 16.9 Å². The monoisotopic (exact) mass is 448 g/mol. The number of benzene rings is 2. The van der Waals surface area contributed by atoms with Gasteiger partial charge >= 0.3 is 0 Å². The number of hydrogen-bond acceptors (Lipinski definition) is 5. The second-order valence-corrected chi connectivity index (χ2v) is 8.75. The van der Waals surface area contributed by atoms with Crippen molar-refractivity contribution in [1.29, 1.82) is 0 Å². The van der Waals surface area contributed by atoms with Gasteiger partial charge in [-0.15, -0.1) is 0 Å². The van der Waals surface area contributed by atoms with E-state index in [0.717, 1.165) is 11.1 Å². The summed E-state index contributed by atoms with van der Waals surface area (Å²) in [5, 5.41) is 9.32. The third-order valence-electron chi connectivity index (χ3n) is 6.26. The van der Waals surface area contributed by atoms with E-state index >= 15 is 0 Å². The maximum absolute atomic E-state index is 13.6. The topological polar surface area (TPSA) is 82.1 Å². The highest BCUT2D eigenvalue weighted by atomic mass is 35.5. The molecule has 0 radical (unpaired) electrons. The molecule has 2 saturated heterocycles. The van der Waals surface area contributed by atoms with Crippen LogP contribution in [0.15, 0.2) is 59.7 Å². The van der Waals surface area contributed by atoms with Gasteiger partial charge in [0.05, 0.1) is 23.6 Å². The number of fused-ring (bicyclic) bond motifs is 3. The molecule has 4 atom stereocenters.